The van der Waals surface area contributed by atoms with Crippen molar-refractivity contribution in [2.75, 3.05) is 32.1 Å². The summed E-state index contributed by atoms with van der Waals surface area (Å²) in [7, 11) is 2.01. The molecule has 130 valence electrons. The molecule has 0 unspecified atom stereocenters. The third-order valence-corrected chi connectivity index (χ3v) is 4.97. The maximum Gasteiger partial charge on any atom is 0.152 e. The number of aromatic nitrogens is 3. The highest BCUT2D eigenvalue weighted by molar-refractivity contribution is 7.98. The standard InChI is InChI=1S/C17H23FN4OS/c1-21-10-12(15(23)11-21)9-17-19-16(7-8-24-2)20-22(17)14-5-3-13(18)4-6-14/h3-6,12,15,23H,7-11H2,1-2H3/t12-,15-/m1/s1. The van der Waals surface area contributed by atoms with Crippen molar-refractivity contribution in [3.05, 3.63) is 41.7 Å². The van der Waals surface area contributed by atoms with Crippen LogP contribution in [0.1, 0.15) is 11.6 Å². The fraction of sp³-hybridized carbons (Fsp3) is 0.529. The average molecular weight is 350 g/mol. The van der Waals surface area contributed by atoms with Crippen molar-refractivity contribution >= 4 is 11.8 Å². The van der Waals surface area contributed by atoms with Gasteiger partial charge in [-0.2, -0.15) is 16.9 Å². The van der Waals surface area contributed by atoms with Gasteiger partial charge in [-0.15, -0.1) is 0 Å². The van der Waals surface area contributed by atoms with E-state index in [0.29, 0.717) is 13.0 Å². The molecule has 24 heavy (non-hydrogen) atoms. The molecule has 0 amide bonds. The van der Waals surface area contributed by atoms with Gasteiger partial charge in [-0.3, -0.25) is 0 Å². The lowest BCUT2D eigenvalue weighted by Gasteiger charge is -2.13. The van der Waals surface area contributed by atoms with E-state index in [0.717, 1.165) is 36.1 Å². The van der Waals surface area contributed by atoms with Gasteiger partial charge in [0.15, 0.2) is 5.82 Å². The van der Waals surface area contributed by atoms with E-state index in [2.05, 4.69) is 21.2 Å². The zero-order valence-electron chi connectivity index (χ0n) is 14.0. The van der Waals surface area contributed by atoms with E-state index >= 15 is 0 Å². The summed E-state index contributed by atoms with van der Waals surface area (Å²) in [6, 6.07) is 6.28. The van der Waals surface area contributed by atoms with Crippen LogP contribution in [0.5, 0.6) is 0 Å². The SMILES string of the molecule is CSCCc1nc(C[C@@H]2CN(C)C[C@H]2O)n(-c2ccc(F)cc2)n1. The van der Waals surface area contributed by atoms with Crippen molar-refractivity contribution in [3.63, 3.8) is 0 Å². The fourth-order valence-electron chi connectivity index (χ4n) is 3.11. The number of hydrogen-bond acceptors (Lipinski definition) is 5. The molecule has 0 radical (unpaired) electrons. The molecule has 2 aromatic rings. The molecule has 0 aliphatic carbocycles. The lowest BCUT2D eigenvalue weighted by Crippen LogP contribution is -2.21. The van der Waals surface area contributed by atoms with Crippen LogP contribution in [0.3, 0.4) is 0 Å². The van der Waals surface area contributed by atoms with E-state index in [1.807, 2.05) is 7.05 Å². The molecule has 0 saturated carbocycles. The van der Waals surface area contributed by atoms with Gasteiger partial charge in [-0.1, -0.05) is 0 Å². The van der Waals surface area contributed by atoms with Gasteiger partial charge in [0.1, 0.15) is 11.6 Å². The normalized spacial score (nSPS) is 21.5. The van der Waals surface area contributed by atoms with Crippen molar-refractivity contribution in [2.24, 2.45) is 5.92 Å². The second-order valence-corrected chi connectivity index (χ2v) is 7.31. The Morgan fingerprint density at radius 1 is 1.29 bits per heavy atom. The highest BCUT2D eigenvalue weighted by atomic mass is 32.2. The maximum absolute atomic E-state index is 13.2. The van der Waals surface area contributed by atoms with Crippen molar-refractivity contribution < 1.29 is 9.50 Å². The number of rotatable bonds is 6. The number of aliphatic hydroxyl groups excluding tert-OH is 1. The summed E-state index contributed by atoms with van der Waals surface area (Å²) in [5.74, 6) is 2.46. The molecule has 0 spiro atoms. The lowest BCUT2D eigenvalue weighted by molar-refractivity contribution is 0.142. The zero-order valence-corrected chi connectivity index (χ0v) is 14.8. The van der Waals surface area contributed by atoms with Crippen LogP contribution in [0.15, 0.2) is 24.3 Å². The molecule has 2 heterocycles. The summed E-state index contributed by atoms with van der Waals surface area (Å²) in [5, 5.41) is 14.8. The fourth-order valence-corrected chi connectivity index (χ4v) is 3.50. The topological polar surface area (TPSA) is 54.2 Å². The Bertz CT molecular complexity index is 676. The molecule has 5 nitrogen and oxygen atoms in total. The van der Waals surface area contributed by atoms with E-state index < -0.39 is 0 Å². The van der Waals surface area contributed by atoms with Gasteiger partial charge in [0.25, 0.3) is 0 Å². The first-order valence-electron chi connectivity index (χ1n) is 8.13. The summed E-state index contributed by atoms with van der Waals surface area (Å²) in [4.78, 5) is 6.81. The summed E-state index contributed by atoms with van der Waals surface area (Å²) in [6.45, 7) is 1.53. The molecular formula is C17H23FN4OS. The lowest BCUT2D eigenvalue weighted by atomic mass is 10.0. The third kappa shape index (κ3) is 3.96. The molecule has 3 rings (SSSR count). The molecule has 1 saturated heterocycles. The monoisotopic (exact) mass is 350 g/mol. The minimum absolute atomic E-state index is 0.145. The number of likely N-dealkylation sites (N-methyl/N-ethyl adjacent to an activating group) is 1. The van der Waals surface area contributed by atoms with Crippen LogP contribution in [-0.4, -0.2) is 63.0 Å². The predicted octanol–water partition coefficient (Wildman–Crippen LogP) is 1.78. The molecule has 7 heteroatoms. The highest BCUT2D eigenvalue weighted by Gasteiger charge is 2.30. The van der Waals surface area contributed by atoms with E-state index in [1.165, 1.54) is 12.1 Å². The van der Waals surface area contributed by atoms with Gasteiger partial charge >= 0.3 is 0 Å². The van der Waals surface area contributed by atoms with Crippen LogP contribution in [0.2, 0.25) is 0 Å². The third-order valence-electron chi connectivity index (χ3n) is 4.35. The Kier molecular flexibility index (Phi) is 5.53. The number of nitrogens with zero attached hydrogens (tertiary/aromatic N) is 4. The summed E-state index contributed by atoms with van der Waals surface area (Å²) < 4.78 is 15.0. The first-order valence-corrected chi connectivity index (χ1v) is 9.52. The van der Waals surface area contributed by atoms with Gasteiger partial charge in [-0.05, 0) is 37.6 Å². The Morgan fingerprint density at radius 3 is 2.67 bits per heavy atom. The minimum atomic E-state index is -0.344. The Hall–Kier alpha value is -1.44. The van der Waals surface area contributed by atoms with Crippen molar-refractivity contribution in [2.45, 2.75) is 18.9 Å². The maximum atomic E-state index is 13.2. The number of hydrogen-bond donors (Lipinski definition) is 1. The Labute approximate surface area is 145 Å². The summed E-state index contributed by atoms with van der Waals surface area (Å²) >= 11 is 1.76. The molecule has 1 fully saturated rings. The number of β-amino-alcohol motifs (C(OH)–C–C–N with tert-alkyl or cyclic N) is 1. The minimum Gasteiger partial charge on any atom is -0.391 e. The molecule has 2 atom stereocenters. The van der Waals surface area contributed by atoms with Crippen molar-refractivity contribution in [1.82, 2.24) is 19.7 Å². The molecule has 1 aliphatic rings. The number of aryl methyl sites for hydroxylation is 1. The first-order chi connectivity index (χ1) is 11.6. The van der Waals surface area contributed by atoms with Crippen molar-refractivity contribution in [3.8, 4) is 5.69 Å². The van der Waals surface area contributed by atoms with Crippen LogP contribution in [0, 0.1) is 11.7 Å². The van der Waals surface area contributed by atoms with Gasteiger partial charge in [0.2, 0.25) is 0 Å². The number of thioether (sulfide) groups is 1. The Balaban J connectivity index is 1.87. The van der Waals surface area contributed by atoms with Gasteiger partial charge < -0.3 is 10.0 Å². The average Bonchev–Trinajstić information content (AvgIpc) is 3.09. The number of halogens is 1. The second-order valence-electron chi connectivity index (χ2n) is 6.33. The zero-order chi connectivity index (χ0) is 17.1. The van der Waals surface area contributed by atoms with Crippen LogP contribution in [0.4, 0.5) is 4.39 Å². The van der Waals surface area contributed by atoms with Gasteiger partial charge in [0.05, 0.1) is 11.8 Å². The van der Waals surface area contributed by atoms with Crippen LogP contribution in [0.25, 0.3) is 5.69 Å². The van der Waals surface area contributed by atoms with Crippen LogP contribution < -0.4 is 0 Å². The first kappa shape index (κ1) is 17.4. The molecular weight excluding hydrogens is 327 g/mol. The smallest absolute Gasteiger partial charge is 0.152 e. The van der Waals surface area contributed by atoms with E-state index in [-0.39, 0.29) is 17.8 Å². The van der Waals surface area contributed by atoms with Gasteiger partial charge in [0, 0.05) is 37.6 Å². The highest BCUT2D eigenvalue weighted by Crippen LogP contribution is 2.21. The largest absolute Gasteiger partial charge is 0.391 e. The van der Waals surface area contributed by atoms with E-state index in [9.17, 15) is 9.50 Å². The second kappa shape index (κ2) is 7.63. The van der Waals surface area contributed by atoms with Crippen LogP contribution >= 0.6 is 11.8 Å². The van der Waals surface area contributed by atoms with Gasteiger partial charge in [-0.25, -0.2) is 14.1 Å². The quantitative estimate of drug-likeness (QED) is 0.861. The van der Waals surface area contributed by atoms with E-state index in [4.69, 9.17) is 0 Å². The molecule has 1 aromatic heterocycles. The summed E-state index contributed by atoms with van der Waals surface area (Å²) in [5.41, 5.74) is 0.801. The molecule has 1 N–H and O–H groups in total. The number of likely N-dealkylation sites (tertiary alicyclic amines) is 1. The number of aliphatic hydroxyl groups is 1. The molecule has 0 bridgehead atoms. The molecule has 1 aliphatic heterocycles. The van der Waals surface area contributed by atoms with Crippen LogP contribution in [-0.2, 0) is 12.8 Å². The predicted molar refractivity (Wildman–Crippen MR) is 94.1 cm³/mol. The Morgan fingerprint density at radius 2 is 2.04 bits per heavy atom. The van der Waals surface area contributed by atoms with Crippen molar-refractivity contribution in [1.29, 1.82) is 0 Å². The number of benzene rings is 1. The summed E-state index contributed by atoms with van der Waals surface area (Å²) in [6.07, 6.45) is 3.18. The van der Waals surface area contributed by atoms with E-state index in [1.54, 1.807) is 28.6 Å². The molecule has 1 aromatic carbocycles.